The zero-order chi connectivity index (χ0) is 15.0. The van der Waals surface area contributed by atoms with E-state index in [-0.39, 0.29) is 17.8 Å². The molecule has 1 aromatic rings. The summed E-state index contributed by atoms with van der Waals surface area (Å²) in [6, 6.07) is 3.94. The Kier molecular flexibility index (Phi) is 7.37. The maximum atomic E-state index is 13.5. The predicted molar refractivity (Wildman–Crippen MR) is 76.4 cm³/mol. The van der Waals surface area contributed by atoms with Crippen molar-refractivity contribution in [3.63, 3.8) is 0 Å². The summed E-state index contributed by atoms with van der Waals surface area (Å²) >= 11 is 0. The van der Waals surface area contributed by atoms with Gasteiger partial charge >= 0.3 is 0 Å². The van der Waals surface area contributed by atoms with Gasteiger partial charge in [-0.3, -0.25) is 4.79 Å². The van der Waals surface area contributed by atoms with Crippen LogP contribution in [0.2, 0.25) is 0 Å². The molecular formula is C16H23F2NO. The third-order valence-electron chi connectivity index (χ3n) is 3.52. The summed E-state index contributed by atoms with van der Waals surface area (Å²) in [5.41, 5.74) is 5.69. The Morgan fingerprint density at radius 1 is 1.25 bits per heavy atom. The highest BCUT2D eigenvalue weighted by Crippen LogP contribution is 2.19. The second kappa shape index (κ2) is 8.80. The standard InChI is InChI=1S/C16H23F2NO/c1-2-4-12(9-10-19)7-8-14(20)11-13-5-3-6-15(17)16(13)18/h3,5-6,12H,2,4,7-11,19H2,1H3. The molecule has 1 unspecified atom stereocenters. The van der Waals surface area contributed by atoms with Crippen LogP contribution in [0.3, 0.4) is 0 Å². The molecule has 1 rings (SSSR count). The van der Waals surface area contributed by atoms with E-state index in [0.29, 0.717) is 18.9 Å². The number of benzene rings is 1. The molecule has 0 aliphatic carbocycles. The smallest absolute Gasteiger partial charge is 0.162 e. The van der Waals surface area contributed by atoms with Crippen molar-refractivity contribution in [3.8, 4) is 0 Å². The van der Waals surface area contributed by atoms with Gasteiger partial charge in [0.2, 0.25) is 0 Å². The van der Waals surface area contributed by atoms with Crippen LogP contribution >= 0.6 is 0 Å². The minimum absolute atomic E-state index is 0.0366. The van der Waals surface area contributed by atoms with Gasteiger partial charge in [0.15, 0.2) is 11.6 Å². The Morgan fingerprint density at radius 2 is 2.00 bits per heavy atom. The number of hydrogen-bond donors (Lipinski definition) is 1. The van der Waals surface area contributed by atoms with Crippen molar-refractivity contribution in [3.05, 3.63) is 35.4 Å². The summed E-state index contributed by atoms with van der Waals surface area (Å²) in [5.74, 6) is -1.41. The van der Waals surface area contributed by atoms with E-state index in [1.54, 1.807) is 0 Å². The van der Waals surface area contributed by atoms with E-state index in [1.807, 2.05) is 0 Å². The molecule has 1 atom stereocenters. The molecule has 0 bridgehead atoms. The molecule has 0 aromatic heterocycles. The third kappa shape index (κ3) is 5.37. The summed E-state index contributed by atoms with van der Waals surface area (Å²) in [6.45, 7) is 2.73. The van der Waals surface area contributed by atoms with Crippen LogP contribution in [-0.4, -0.2) is 12.3 Å². The Balaban J connectivity index is 2.48. The molecule has 0 saturated carbocycles. The maximum Gasteiger partial charge on any atom is 0.162 e. The Labute approximate surface area is 119 Å². The van der Waals surface area contributed by atoms with Gasteiger partial charge in [-0.25, -0.2) is 8.78 Å². The van der Waals surface area contributed by atoms with E-state index >= 15 is 0 Å². The number of nitrogens with two attached hydrogens (primary N) is 1. The molecule has 0 aliphatic rings. The Morgan fingerprint density at radius 3 is 2.65 bits per heavy atom. The van der Waals surface area contributed by atoms with Gasteiger partial charge in [0.25, 0.3) is 0 Å². The van der Waals surface area contributed by atoms with Crippen LogP contribution < -0.4 is 5.73 Å². The molecule has 0 radical (unpaired) electrons. The minimum atomic E-state index is -0.909. The maximum absolute atomic E-state index is 13.5. The number of halogens is 2. The molecule has 0 heterocycles. The number of carbonyl (C=O) groups is 1. The Hall–Kier alpha value is -1.29. The summed E-state index contributed by atoms with van der Waals surface area (Å²) in [7, 11) is 0. The number of rotatable bonds is 9. The van der Waals surface area contributed by atoms with E-state index in [9.17, 15) is 13.6 Å². The van der Waals surface area contributed by atoms with Crippen LogP contribution in [0.25, 0.3) is 0 Å². The molecule has 0 aliphatic heterocycles. The van der Waals surface area contributed by atoms with Crippen molar-refractivity contribution in [1.29, 1.82) is 0 Å². The molecule has 2 N–H and O–H groups in total. The first-order chi connectivity index (χ1) is 9.58. The average molecular weight is 283 g/mol. The van der Waals surface area contributed by atoms with Crippen LogP contribution in [0.4, 0.5) is 8.78 Å². The van der Waals surface area contributed by atoms with Gasteiger partial charge in [-0.2, -0.15) is 0 Å². The normalized spacial score (nSPS) is 12.4. The lowest BCUT2D eigenvalue weighted by atomic mass is 9.92. The minimum Gasteiger partial charge on any atom is -0.330 e. The first-order valence-corrected chi connectivity index (χ1v) is 7.23. The average Bonchev–Trinajstić information content (AvgIpc) is 2.42. The molecule has 0 saturated heterocycles. The van der Waals surface area contributed by atoms with Crippen molar-refractivity contribution in [1.82, 2.24) is 0 Å². The zero-order valence-corrected chi connectivity index (χ0v) is 12.0. The van der Waals surface area contributed by atoms with Gasteiger partial charge in [0, 0.05) is 12.8 Å². The molecule has 4 heteroatoms. The highest BCUT2D eigenvalue weighted by Gasteiger charge is 2.14. The monoisotopic (exact) mass is 283 g/mol. The van der Waals surface area contributed by atoms with Crippen LogP contribution in [0.1, 0.15) is 44.6 Å². The van der Waals surface area contributed by atoms with Gasteiger partial charge < -0.3 is 5.73 Å². The van der Waals surface area contributed by atoms with E-state index < -0.39 is 11.6 Å². The molecule has 1 aromatic carbocycles. The number of ketones is 1. The van der Waals surface area contributed by atoms with Crippen LogP contribution in [0, 0.1) is 17.6 Å². The molecule has 0 amide bonds. The zero-order valence-electron chi connectivity index (χ0n) is 12.0. The van der Waals surface area contributed by atoms with Crippen LogP contribution in [-0.2, 0) is 11.2 Å². The van der Waals surface area contributed by atoms with Crippen LogP contribution in [0.5, 0.6) is 0 Å². The second-order valence-electron chi connectivity index (χ2n) is 5.20. The summed E-state index contributed by atoms with van der Waals surface area (Å²) < 4.78 is 26.5. The lowest BCUT2D eigenvalue weighted by Gasteiger charge is -2.14. The first kappa shape index (κ1) is 16.8. The van der Waals surface area contributed by atoms with Crippen molar-refractivity contribution in [2.75, 3.05) is 6.54 Å². The van der Waals surface area contributed by atoms with Crippen molar-refractivity contribution >= 4 is 5.78 Å². The molecule has 0 fully saturated rings. The molecule has 0 spiro atoms. The van der Waals surface area contributed by atoms with E-state index in [2.05, 4.69) is 6.92 Å². The SMILES string of the molecule is CCCC(CCN)CCC(=O)Cc1cccc(F)c1F. The van der Waals surface area contributed by atoms with E-state index in [1.165, 1.54) is 12.1 Å². The fourth-order valence-electron chi connectivity index (χ4n) is 2.43. The van der Waals surface area contributed by atoms with Crippen molar-refractivity contribution in [2.45, 2.75) is 45.4 Å². The van der Waals surface area contributed by atoms with E-state index in [0.717, 1.165) is 31.7 Å². The Bertz CT molecular complexity index is 428. The quantitative estimate of drug-likeness (QED) is 0.752. The van der Waals surface area contributed by atoms with E-state index in [4.69, 9.17) is 5.73 Å². The second-order valence-corrected chi connectivity index (χ2v) is 5.20. The molecule has 2 nitrogen and oxygen atoms in total. The molecular weight excluding hydrogens is 260 g/mol. The highest BCUT2D eigenvalue weighted by atomic mass is 19.2. The summed E-state index contributed by atoms with van der Waals surface area (Å²) in [5, 5.41) is 0. The number of hydrogen-bond acceptors (Lipinski definition) is 2. The summed E-state index contributed by atoms with van der Waals surface area (Å²) in [6.07, 6.45) is 4.18. The van der Waals surface area contributed by atoms with Gasteiger partial charge in [-0.05, 0) is 36.9 Å². The van der Waals surface area contributed by atoms with Gasteiger partial charge in [0.05, 0.1) is 0 Å². The number of carbonyl (C=O) groups excluding carboxylic acids is 1. The molecule has 112 valence electrons. The van der Waals surface area contributed by atoms with Gasteiger partial charge in [-0.15, -0.1) is 0 Å². The first-order valence-electron chi connectivity index (χ1n) is 7.23. The van der Waals surface area contributed by atoms with Gasteiger partial charge in [-0.1, -0.05) is 31.9 Å². The highest BCUT2D eigenvalue weighted by molar-refractivity contribution is 5.80. The third-order valence-corrected chi connectivity index (χ3v) is 3.52. The molecule has 20 heavy (non-hydrogen) atoms. The largest absolute Gasteiger partial charge is 0.330 e. The summed E-state index contributed by atoms with van der Waals surface area (Å²) in [4.78, 5) is 11.9. The predicted octanol–water partition coefficient (Wildman–Crippen LogP) is 3.62. The lowest BCUT2D eigenvalue weighted by Crippen LogP contribution is -2.12. The topological polar surface area (TPSA) is 43.1 Å². The van der Waals surface area contributed by atoms with Crippen molar-refractivity contribution < 1.29 is 13.6 Å². The lowest BCUT2D eigenvalue weighted by molar-refractivity contribution is -0.118. The van der Waals surface area contributed by atoms with Crippen LogP contribution in [0.15, 0.2) is 18.2 Å². The van der Waals surface area contributed by atoms with Crippen molar-refractivity contribution in [2.24, 2.45) is 11.7 Å². The fraction of sp³-hybridized carbons (Fsp3) is 0.562. The van der Waals surface area contributed by atoms with Gasteiger partial charge in [0.1, 0.15) is 5.78 Å². The number of Topliss-reactive ketones (excluding diaryl/α,β-unsaturated/α-hetero) is 1. The fourth-order valence-corrected chi connectivity index (χ4v) is 2.43.